The molecule has 0 spiro atoms. The maximum atomic E-state index is 13.1. The number of hydrogen-bond acceptors (Lipinski definition) is 3. The number of aliphatic carboxylic acids is 1. The van der Waals surface area contributed by atoms with Crippen LogP contribution in [-0.2, 0) is 11.3 Å². The molecule has 4 nitrogen and oxygen atoms in total. The van der Waals surface area contributed by atoms with E-state index in [0.717, 1.165) is 31.2 Å². The fourth-order valence-electron chi connectivity index (χ4n) is 3.77. The third-order valence-electron chi connectivity index (χ3n) is 5.10. The van der Waals surface area contributed by atoms with Crippen molar-refractivity contribution in [2.45, 2.75) is 44.5 Å². The summed E-state index contributed by atoms with van der Waals surface area (Å²) in [6, 6.07) is 7.33. The molecule has 1 aliphatic carbocycles. The van der Waals surface area contributed by atoms with Crippen LogP contribution in [0.5, 0.6) is 5.75 Å². The Balaban J connectivity index is 1.71. The molecule has 0 unspecified atom stereocenters. The van der Waals surface area contributed by atoms with Crippen LogP contribution in [-0.4, -0.2) is 41.3 Å². The van der Waals surface area contributed by atoms with Gasteiger partial charge in [-0.25, -0.2) is 0 Å². The lowest BCUT2D eigenvalue weighted by molar-refractivity contribution is -0.188. The van der Waals surface area contributed by atoms with Crippen LogP contribution in [0.1, 0.15) is 31.2 Å². The Labute approximate surface area is 144 Å². The van der Waals surface area contributed by atoms with Gasteiger partial charge in [-0.2, -0.15) is 13.2 Å². The fraction of sp³-hybridized carbons (Fsp3) is 0.611. The first-order valence-electron chi connectivity index (χ1n) is 8.61. The molecule has 7 heteroatoms. The number of para-hydroxylation sites is 1. The molecule has 1 N–H and O–H groups in total. The van der Waals surface area contributed by atoms with E-state index >= 15 is 0 Å². The van der Waals surface area contributed by atoms with Crippen LogP contribution in [0.15, 0.2) is 24.3 Å². The molecule has 1 saturated carbocycles. The third kappa shape index (κ3) is 4.26. The van der Waals surface area contributed by atoms with E-state index in [1.54, 1.807) is 4.90 Å². The molecule has 0 bridgehead atoms. The lowest BCUT2D eigenvalue weighted by Crippen LogP contribution is -2.33. The van der Waals surface area contributed by atoms with Gasteiger partial charge in [0.15, 0.2) is 0 Å². The standard InChI is InChI=1S/C18H22F3NO3/c19-18(20,21)15-11-22(10-14(15)17(23)24)9-12-5-1-4-8-16(12)25-13-6-2-3-7-13/h1,4-5,8,13-15H,2-3,6-7,9-11H2,(H,23,24)/t14-,15-/m1/s1. The molecule has 2 aliphatic rings. The largest absolute Gasteiger partial charge is 0.490 e. The molecule has 1 aromatic carbocycles. The van der Waals surface area contributed by atoms with Gasteiger partial charge in [0.05, 0.1) is 17.9 Å². The normalized spacial score (nSPS) is 25.4. The van der Waals surface area contributed by atoms with Gasteiger partial charge in [-0.05, 0) is 31.7 Å². The highest BCUT2D eigenvalue weighted by atomic mass is 19.4. The molecule has 3 rings (SSSR count). The highest BCUT2D eigenvalue weighted by molar-refractivity contribution is 5.71. The molecule has 138 valence electrons. The van der Waals surface area contributed by atoms with Crippen molar-refractivity contribution < 1.29 is 27.8 Å². The van der Waals surface area contributed by atoms with Gasteiger partial charge in [0.25, 0.3) is 0 Å². The number of nitrogens with zero attached hydrogens (tertiary/aromatic N) is 1. The number of likely N-dealkylation sites (tertiary alicyclic amines) is 1. The molecule has 0 aromatic heterocycles. The first-order valence-corrected chi connectivity index (χ1v) is 8.61. The van der Waals surface area contributed by atoms with Crippen molar-refractivity contribution in [2.24, 2.45) is 11.8 Å². The minimum absolute atomic E-state index is 0.0999. The number of ether oxygens (including phenoxy) is 1. The van der Waals surface area contributed by atoms with E-state index in [1.165, 1.54) is 0 Å². The molecule has 2 atom stereocenters. The lowest BCUT2D eigenvalue weighted by atomic mass is 9.96. The fourth-order valence-corrected chi connectivity index (χ4v) is 3.77. The maximum Gasteiger partial charge on any atom is 0.393 e. The van der Waals surface area contributed by atoms with Gasteiger partial charge in [0.1, 0.15) is 5.75 Å². The van der Waals surface area contributed by atoms with E-state index < -0.39 is 24.0 Å². The summed E-state index contributed by atoms with van der Waals surface area (Å²) in [6.07, 6.45) is -0.0872. The van der Waals surface area contributed by atoms with Gasteiger partial charge in [0.2, 0.25) is 0 Å². The Bertz CT molecular complexity index is 614. The highest BCUT2D eigenvalue weighted by Gasteiger charge is 2.52. The van der Waals surface area contributed by atoms with Crippen molar-refractivity contribution in [1.29, 1.82) is 0 Å². The Morgan fingerprint density at radius 2 is 1.88 bits per heavy atom. The number of halogens is 3. The second kappa shape index (κ2) is 7.23. The van der Waals surface area contributed by atoms with Crippen LogP contribution in [0.2, 0.25) is 0 Å². The molecule has 2 fully saturated rings. The van der Waals surface area contributed by atoms with E-state index in [0.29, 0.717) is 5.75 Å². The number of rotatable bonds is 5. The number of benzene rings is 1. The summed E-state index contributed by atoms with van der Waals surface area (Å²) in [5.41, 5.74) is 0.807. The Morgan fingerprint density at radius 1 is 1.20 bits per heavy atom. The molecule has 1 saturated heterocycles. The van der Waals surface area contributed by atoms with Gasteiger partial charge in [-0.3, -0.25) is 9.69 Å². The van der Waals surface area contributed by atoms with Crippen LogP contribution < -0.4 is 4.74 Å². The number of hydrogen-bond donors (Lipinski definition) is 1. The zero-order valence-corrected chi connectivity index (χ0v) is 13.8. The summed E-state index contributed by atoms with van der Waals surface area (Å²) >= 11 is 0. The average Bonchev–Trinajstić information content (AvgIpc) is 3.18. The summed E-state index contributed by atoms with van der Waals surface area (Å²) in [4.78, 5) is 12.8. The van der Waals surface area contributed by atoms with Crippen molar-refractivity contribution in [3.05, 3.63) is 29.8 Å². The first kappa shape index (κ1) is 18.0. The molecule has 1 heterocycles. The molecule has 1 aromatic rings. The summed E-state index contributed by atoms with van der Waals surface area (Å²) in [7, 11) is 0. The van der Waals surface area contributed by atoms with Crippen molar-refractivity contribution in [3.63, 3.8) is 0 Å². The molecule has 1 aliphatic heterocycles. The quantitative estimate of drug-likeness (QED) is 0.873. The van der Waals surface area contributed by atoms with Gasteiger partial charge in [-0.1, -0.05) is 18.2 Å². The lowest BCUT2D eigenvalue weighted by Gasteiger charge is -2.21. The minimum Gasteiger partial charge on any atom is -0.490 e. The topological polar surface area (TPSA) is 49.8 Å². The summed E-state index contributed by atoms with van der Waals surface area (Å²) < 4.78 is 45.4. The van der Waals surface area contributed by atoms with Crippen molar-refractivity contribution >= 4 is 5.97 Å². The predicted octanol–water partition coefficient (Wildman–Crippen LogP) is 3.70. The van der Waals surface area contributed by atoms with E-state index in [4.69, 9.17) is 9.84 Å². The van der Waals surface area contributed by atoms with Crippen LogP contribution in [0.3, 0.4) is 0 Å². The van der Waals surface area contributed by atoms with E-state index in [2.05, 4.69) is 0 Å². The number of alkyl halides is 3. The summed E-state index contributed by atoms with van der Waals surface area (Å²) in [6.45, 7) is -0.130. The summed E-state index contributed by atoms with van der Waals surface area (Å²) in [5, 5.41) is 9.12. The third-order valence-corrected chi connectivity index (χ3v) is 5.10. The highest BCUT2D eigenvalue weighted by Crippen LogP contribution is 2.38. The average molecular weight is 357 g/mol. The van der Waals surface area contributed by atoms with Crippen molar-refractivity contribution in [3.8, 4) is 5.75 Å². The van der Waals surface area contributed by atoms with Crippen LogP contribution in [0.25, 0.3) is 0 Å². The smallest absolute Gasteiger partial charge is 0.393 e. The molecular weight excluding hydrogens is 335 g/mol. The number of carboxylic acid groups (broad SMARTS) is 1. The van der Waals surface area contributed by atoms with Crippen molar-refractivity contribution in [1.82, 2.24) is 4.90 Å². The molecular formula is C18H22F3NO3. The first-order chi connectivity index (χ1) is 11.8. The van der Waals surface area contributed by atoms with Crippen LogP contribution in [0.4, 0.5) is 13.2 Å². The second-order valence-corrected chi connectivity index (χ2v) is 6.92. The van der Waals surface area contributed by atoms with Gasteiger partial charge < -0.3 is 9.84 Å². The van der Waals surface area contributed by atoms with Gasteiger partial charge >= 0.3 is 12.1 Å². The van der Waals surface area contributed by atoms with Crippen LogP contribution >= 0.6 is 0 Å². The monoisotopic (exact) mass is 357 g/mol. The number of carbonyl (C=O) groups is 1. The van der Waals surface area contributed by atoms with Gasteiger partial charge in [-0.15, -0.1) is 0 Å². The summed E-state index contributed by atoms with van der Waals surface area (Å²) in [5.74, 6) is -3.94. The van der Waals surface area contributed by atoms with Gasteiger partial charge in [0, 0.05) is 25.2 Å². The van der Waals surface area contributed by atoms with E-state index in [-0.39, 0.29) is 25.7 Å². The molecule has 0 radical (unpaired) electrons. The minimum atomic E-state index is -4.50. The Morgan fingerprint density at radius 3 is 2.48 bits per heavy atom. The SMILES string of the molecule is O=C(O)[C@@H]1CN(Cc2ccccc2OC2CCCC2)C[C@H]1C(F)(F)F. The molecule has 0 amide bonds. The maximum absolute atomic E-state index is 13.1. The zero-order chi connectivity index (χ0) is 18.0. The predicted molar refractivity (Wildman–Crippen MR) is 85.3 cm³/mol. The Hall–Kier alpha value is -1.76. The second-order valence-electron chi connectivity index (χ2n) is 6.92. The van der Waals surface area contributed by atoms with E-state index in [9.17, 15) is 18.0 Å². The number of carboxylic acids is 1. The Kier molecular flexibility index (Phi) is 5.22. The molecule has 25 heavy (non-hydrogen) atoms. The zero-order valence-electron chi connectivity index (χ0n) is 13.8. The van der Waals surface area contributed by atoms with Crippen molar-refractivity contribution in [2.75, 3.05) is 13.1 Å². The van der Waals surface area contributed by atoms with E-state index in [1.807, 2.05) is 24.3 Å². The van der Waals surface area contributed by atoms with Crippen LogP contribution in [0, 0.1) is 11.8 Å².